The SMILES string of the molecule is COc1ccccc1CC(NC(=O)OC(C)C)C(=O)O. The van der Waals surface area contributed by atoms with Crippen LogP contribution in [0.3, 0.4) is 0 Å². The van der Waals surface area contributed by atoms with Crippen molar-refractivity contribution in [3.05, 3.63) is 29.8 Å². The molecule has 0 bridgehead atoms. The molecule has 1 unspecified atom stereocenters. The van der Waals surface area contributed by atoms with Crippen molar-refractivity contribution in [1.82, 2.24) is 5.32 Å². The van der Waals surface area contributed by atoms with Gasteiger partial charge in [0.15, 0.2) is 0 Å². The maximum Gasteiger partial charge on any atom is 0.408 e. The first-order valence-corrected chi connectivity index (χ1v) is 6.26. The van der Waals surface area contributed by atoms with E-state index in [4.69, 9.17) is 9.47 Å². The lowest BCUT2D eigenvalue weighted by atomic mass is 10.1. The molecule has 0 aliphatic rings. The smallest absolute Gasteiger partial charge is 0.408 e. The van der Waals surface area contributed by atoms with E-state index in [1.807, 2.05) is 0 Å². The number of carbonyl (C=O) groups is 2. The molecular formula is C14H19NO5. The summed E-state index contributed by atoms with van der Waals surface area (Å²) in [6.07, 6.45) is -0.940. The Morgan fingerprint density at radius 3 is 2.50 bits per heavy atom. The minimum atomic E-state index is -1.13. The van der Waals surface area contributed by atoms with Crippen LogP contribution in [0.5, 0.6) is 5.75 Å². The van der Waals surface area contributed by atoms with Crippen molar-refractivity contribution in [2.75, 3.05) is 7.11 Å². The van der Waals surface area contributed by atoms with Gasteiger partial charge in [0.2, 0.25) is 0 Å². The molecule has 0 fully saturated rings. The molecule has 110 valence electrons. The summed E-state index contributed by atoms with van der Waals surface area (Å²) in [4.78, 5) is 22.7. The summed E-state index contributed by atoms with van der Waals surface area (Å²) in [5.41, 5.74) is 0.701. The fraction of sp³-hybridized carbons (Fsp3) is 0.429. The number of amides is 1. The van der Waals surface area contributed by atoms with Crippen molar-refractivity contribution in [1.29, 1.82) is 0 Å². The van der Waals surface area contributed by atoms with Gasteiger partial charge in [-0.2, -0.15) is 0 Å². The molecule has 1 amide bonds. The molecule has 6 nitrogen and oxygen atoms in total. The van der Waals surface area contributed by atoms with E-state index in [1.165, 1.54) is 7.11 Å². The number of hydrogen-bond acceptors (Lipinski definition) is 4. The van der Waals surface area contributed by atoms with E-state index in [0.717, 1.165) is 0 Å². The van der Waals surface area contributed by atoms with Crippen LogP contribution >= 0.6 is 0 Å². The van der Waals surface area contributed by atoms with Crippen LogP contribution < -0.4 is 10.1 Å². The van der Waals surface area contributed by atoms with E-state index in [-0.39, 0.29) is 12.5 Å². The number of hydrogen-bond donors (Lipinski definition) is 2. The van der Waals surface area contributed by atoms with E-state index in [9.17, 15) is 14.7 Å². The third-order valence-electron chi connectivity index (χ3n) is 2.55. The molecule has 6 heteroatoms. The highest BCUT2D eigenvalue weighted by Crippen LogP contribution is 2.19. The molecule has 0 saturated heterocycles. The van der Waals surface area contributed by atoms with Crippen LogP contribution in [-0.2, 0) is 16.0 Å². The average Bonchev–Trinajstić information content (AvgIpc) is 2.37. The molecule has 0 heterocycles. The molecular weight excluding hydrogens is 262 g/mol. The average molecular weight is 281 g/mol. The molecule has 1 rings (SSSR count). The molecule has 1 aromatic carbocycles. The lowest BCUT2D eigenvalue weighted by Gasteiger charge is -2.17. The number of carbonyl (C=O) groups excluding carboxylic acids is 1. The first kappa shape index (κ1) is 15.8. The summed E-state index contributed by atoms with van der Waals surface area (Å²) >= 11 is 0. The molecule has 0 saturated carbocycles. The van der Waals surface area contributed by atoms with Gasteiger partial charge in [-0.05, 0) is 25.5 Å². The van der Waals surface area contributed by atoms with Gasteiger partial charge in [0.1, 0.15) is 11.8 Å². The van der Waals surface area contributed by atoms with Gasteiger partial charge in [-0.15, -0.1) is 0 Å². The van der Waals surface area contributed by atoms with Crippen molar-refractivity contribution in [2.24, 2.45) is 0 Å². The van der Waals surface area contributed by atoms with E-state index >= 15 is 0 Å². The largest absolute Gasteiger partial charge is 0.496 e. The number of benzene rings is 1. The van der Waals surface area contributed by atoms with Crippen molar-refractivity contribution in [2.45, 2.75) is 32.4 Å². The molecule has 1 atom stereocenters. The highest BCUT2D eigenvalue weighted by atomic mass is 16.6. The summed E-state index contributed by atoms with van der Waals surface area (Å²) in [6.45, 7) is 3.38. The number of ether oxygens (including phenoxy) is 2. The third-order valence-corrected chi connectivity index (χ3v) is 2.55. The second-order valence-electron chi connectivity index (χ2n) is 4.51. The maximum atomic E-state index is 11.5. The molecule has 0 aromatic heterocycles. The van der Waals surface area contributed by atoms with Gasteiger partial charge in [-0.1, -0.05) is 18.2 Å². The second kappa shape index (κ2) is 7.37. The van der Waals surface area contributed by atoms with Crippen LogP contribution in [0.25, 0.3) is 0 Å². The monoisotopic (exact) mass is 281 g/mol. The van der Waals surface area contributed by atoms with Crippen LogP contribution in [0.2, 0.25) is 0 Å². The Labute approximate surface area is 117 Å². The van der Waals surface area contributed by atoms with Crippen LogP contribution in [0, 0.1) is 0 Å². The normalized spacial score (nSPS) is 11.8. The molecule has 0 aliphatic heterocycles. The number of methoxy groups -OCH3 is 1. The fourth-order valence-corrected chi connectivity index (χ4v) is 1.68. The summed E-state index contributed by atoms with van der Waals surface area (Å²) in [5.74, 6) is -0.547. The third kappa shape index (κ3) is 4.79. The molecule has 2 N–H and O–H groups in total. The fourth-order valence-electron chi connectivity index (χ4n) is 1.68. The van der Waals surface area contributed by atoms with Crippen LogP contribution in [0.4, 0.5) is 4.79 Å². The zero-order chi connectivity index (χ0) is 15.1. The Hall–Kier alpha value is -2.24. The summed E-state index contributed by atoms with van der Waals surface area (Å²) < 4.78 is 10.0. The van der Waals surface area contributed by atoms with Gasteiger partial charge in [0.05, 0.1) is 13.2 Å². The standard InChI is InChI=1S/C14H19NO5/c1-9(2)20-14(18)15-11(13(16)17)8-10-6-4-5-7-12(10)19-3/h4-7,9,11H,8H2,1-3H3,(H,15,18)(H,16,17). The number of carboxylic acids is 1. The van der Waals surface area contributed by atoms with Crippen LogP contribution in [-0.4, -0.2) is 36.4 Å². The van der Waals surface area contributed by atoms with Gasteiger partial charge in [-0.3, -0.25) is 0 Å². The predicted molar refractivity (Wildman–Crippen MR) is 72.9 cm³/mol. The van der Waals surface area contributed by atoms with Crippen molar-refractivity contribution in [3.63, 3.8) is 0 Å². The van der Waals surface area contributed by atoms with Gasteiger partial charge in [-0.25, -0.2) is 9.59 Å². The Bertz CT molecular complexity index is 472. The minimum absolute atomic E-state index is 0.118. The highest BCUT2D eigenvalue weighted by Gasteiger charge is 2.22. The number of para-hydroxylation sites is 1. The van der Waals surface area contributed by atoms with Gasteiger partial charge < -0.3 is 19.9 Å². The predicted octanol–water partition coefficient (Wildman–Crippen LogP) is 1.83. The first-order chi connectivity index (χ1) is 9.43. The molecule has 0 aliphatic carbocycles. The molecule has 0 spiro atoms. The minimum Gasteiger partial charge on any atom is -0.496 e. The maximum absolute atomic E-state index is 11.5. The van der Waals surface area contributed by atoms with E-state index in [1.54, 1.807) is 38.1 Å². The number of nitrogens with one attached hydrogen (secondary N) is 1. The van der Waals surface area contributed by atoms with Crippen LogP contribution in [0.15, 0.2) is 24.3 Å². The Morgan fingerprint density at radius 1 is 1.30 bits per heavy atom. The van der Waals surface area contributed by atoms with E-state index < -0.39 is 18.1 Å². The number of rotatable bonds is 6. The first-order valence-electron chi connectivity index (χ1n) is 6.26. The zero-order valence-electron chi connectivity index (χ0n) is 11.8. The number of alkyl carbamates (subject to hydrolysis) is 1. The summed E-state index contributed by atoms with van der Waals surface area (Å²) in [5, 5.41) is 11.5. The van der Waals surface area contributed by atoms with E-state index in [2.05, 4.69) is 5.32 Å². The lowest BCUT2D eigenvalue weighted by molar-refractivity contribution is -0.139. The van der Waals surface area contributed by atoms with Gasteiger partial charge >= 0.3 is 12.1 Å². The molecule has 20 heavy (non-hydrogen) atoms. The molecule has 1 aromatic rings. The summed E-state index contributed by atoms with van der Waals surface area (Å²) in [7, 11) is 1.51. The number of aliphatic carboxylic acids is 1. The van der Waals surface area contributed by atoms with Crippen molar-refractivity contribution in [3.8, 4) is 5.75 Å². The van der Waals surface area contributed by atoms with Gasteiger partial charge in [0.25, 0.3) is 0 Å². The quantitative estimate of drug-likeness (QED) is 0.831. The Kier molecular flexibility index (Phi) is 5.83. The van der Waals surface area contributed by atoms with E-state index in [0.29, 0.717) is 11.3 Å². The summed E-state index contributed by atoms with van der Waals surface area (Å²) in [6, 6.07) is 5.99. The number of carboxylic acid groups (broad SMARTS) is 1. The lowest BCUT2D eigenvalue weighted by Crippen LogP contribution is -2.43. The zero-order valence-corrected chi connectivity index (χ0v) is 11.8. The molecule has 0 radical (unpaired) electrons. The Morgan fingerprint density at radius 2 is 1.95 bits per heavy atom. The Balaban J connectivity index is 2.77. The second-order valence-corrected chi connectivity index (χ2v) is 4.51. The highest BCUT2D eigenvalue weighted by molar-refractivity contribution is 5.80. The van der Waals surface area contributed by atoms with Crippen molar-refractivity contribution < 1.29 is 24.2 Å². The topological polar surface area (TPSA) is 84.9 Å². The van der Waals surface area contributed by atoms with Gasteiger partial charge in [0, 0.05) is 6.42 Å². The van der Waals surface area contributed by atoms with Crippen LogP contribution in [0.1, 0.15) is 19.4 Å². The van der Waals surface area contributed by atoms with Crippen molar-refractivity contribution >= 4 is 12.1 Å².